The monoisotopic (exact) mass is 296 g/mol. The van der Waals surface area contributed by atoms with Crippen LogP contribution in [0.2, 0.25) is 10.0 Å². The summed E-state index contributed by atoms with van der Waals surface area (Å²) in [6, 6.07) is 6.66. The summed E-state index contributed by atoms with van der Waals surface area (Å²) in [5.74, 6) is 0.167. The summed E-state index contributed by atoms with van der Waals surface area (Å²) in [7, 11) is 1.48. The van der Waals surface area contributed by atoms with Crippen molar-refractivity contribution in [3.8, 4) is 5.88 Å². The minimum absolute atomic E-state index is 0.125. The third kappa shape index (κ3) is 3.22. The number of Topliss-reactive ketones (excluding diaryl/α,β-unsaturated/α-hetero) is 1. The highest BCUT2D eigenvalue weighted by Gasteiger charge is 2.13. The molecule has 0 unspecified atom stereocenters. The molecule has 19 heavy (non-hydrogen) atoms. The van der Waals surface area contributed by atoms with Gasteiger partial charge in [-0.1, -0.05) is 35.3 Å². The minimum atomic E-state index is -0.176. The Morgan fingerprint density at radius 1 is 1.32 bits per heavy atom. The molecule has 0 N–H and O–H groups in total. The molecular formula is C13H10Cl2N2O2. The first-order valence-corrected chi connectivity index (χ1v) is 6.19. The molecule has 0 amide bonds. The van der Waals surface area contributed by atoms with Gasteiger partial charge in [0.05, 0.1) is 17.2 Å². The van der Waals surface area contributed by atoms with Crippen LogP contribution in [-0.2, 0) is 6.42 Å². The zero-order valence-corrected chi connectivity index (χ0v) is 11.6. The molecule has 0 atom stereocenters. The molecule has 0 aliphatic rings. The Kier molecular flexibility index (Phi) is 4.35. The summed E-state index contributed by atoms with van der Waals surface area (Å²) in [6.07, 6.45) is 1.41. The summed E-state index contributed by atoms with van der Waals surface area (Å²) < 4.78 is 4.95. The zero-order valence-electron chi connectivity index (χ0n) is 10.1. The van der Waals surface area contributed by atoms with E-state index in [2.05, 4.69) is 9.97 Å². The van der Waals surface area contributed by atoms with Crippen molar-refractivity contribution in [2.24, 2.45) is 0 Å². The Labute approximate surface area is 120 Å². The number of methoxy groups -OCH3 is 1. The van der Waals surface area contributed by atoms with Crippen molar-refractivity contribution in [3.05, 3.63) is 51.9 Å². The molecule has 0 saturated carbocycles. The van der Waals surface area contributed by atoms with Gasteiger partial charge in [-0.3, -0.25) is 4.79 Å². The van der Waals surface area contributed by atoms with E-state index in [9.17, 15) is 4.79 Å². The van der Waals surface area contributed by atoms with Crippen molar-refractivity contribution in [3.63, 3.8) is 0 Å². The quantitative estimate of drug-likeness (QED) is 0.813. The van der Waals surface area contributed by atoms with Crippen molar-refractivity contribution in [2.45, 2.75) is 6.42 Å². The van der Waals surface area contributed by atoms with Crippen LogP contribution in [0.5, 0.6) is 5.88 Å². The first-order valence-electron chi connectivity index (χ1n) is 5.44. The standard InChI is InChI=1S/C13H10Cl2N2O2/c1-19-12-6-10(16-7-17-12)11(18)5-8-3-2-4-9(14)13(8)15/h2-4,6-7H,5H2,1H3. The van der Waals surface area contributed by atoms with E-state index < -0.39 is 0 Å². The van der Waals surface area contributed by atoms with E-state index in [-0.39, 0.29) is 17.9 Å². The third-order valence-electron chi connectivity index (χ3n) is 2.52. The van der Waals surface area contributed by atoms with E-state index in [4.69, 9.17) is 27.9 Å². The van der Waals surface area contributed by atoms with E-state index >= 15 is 0 Å². The molecule has 1 aromatic carbocycles. The molecule has 2 rings (SSSR count). The van der Waals surface area contributed by atoms with E-state index in [1.807, 2.05) is 0 Å². The maximum atomic E-state index is 12.1. The van der Waals surface area contributed by atoms with Gasteiger partial charge in [-0.2, -0.15) is 0 Å². The highest BCUT2D eigenvalue weighted by Crippen LogP contribution is 2.26. The normalized spacial score (nSPS) is 10.3. The molecule has 0 spiro atoms. The molecule has 6 heteroatoms. The predicted octanol–water partition coefficient (Wildman–Crippen LogP) is 3.22. The number of ketones is 1. The Hall–Kier alpha value is -1.65. The maximum absolute atomic E-state index is 12.1. The molecule has 0 aliphatic carbocycles. The van der Waals surface area contributed by atoms with Gasteiger partial charge >= 0.3 is 0 Å². The minimum Gasteiger partial charge on any atom is -0.481 e. The number of hydrogen-bond acceptors (Lipinski definition) is 4. The van der Waals surface area contributed by atoms with Gasteiger partial charge in [0, 0.05) is 12.5 Å². The smallest absolute Gasteiger partial charge is 0.216 e. The van der Waals surface area contributed by atoms with E-state index in [1.54, 1.807) is 18.2 Å². The molecular weight excluding hydrogens is 287 g/mol. The van der Waals surface area contributed by atoms with Gasteiger partial charge < -0.3 is 4.74 Å². The van der Waals surface area contributed by atoms with Crippen LogP contribution in [0.3, 0.4) is 0 Å². The number of ether oxygens (including phenoxy) is 1. The van der Waals surface area contributed by atoms with Gasteiger partial charge in [0.15, 0.2) is 5.78 Å². The summed E-state index contributed by atoms with van der Waals surface area (Å²) in [5.41, 5.74) is 0.944. The number of nitrogens with zero attached hydrogens (tertiary/aromatic N) is 2. The van der Waals surface area contributed by atoms with E-state index in [1.165, 1.54) is 19.5 Å². The number of hydrogen-bond donors (Lipinski definition) is 0. The lowest BCUT2D eigenvalue weighted by Gasteiger charge is -2.05. The van der Waals surface area contributed by atoms with Crippen molar-refractivity contribution >= 4 is 29.0 Å². The van der Waals surface area contributed by atoms with Crippen LogP contribution in [0.4, 0.5) is 0 Å². The Balaban J connectivity index is 2.23. The van der Waals surface area contributed by atoms with Gasteiger partial charge in [0.1, 0.15) is 12.0 Å². The fourth-order valence-electron chi connectivity index (χ4n) is 1.55. The van der Waals surface area contributed by atoms with Crippen LogP contribution in [0.1, 0.15) is 16.1 Å². The molecule has 0 bridgehead atoms. The molecule has 1 aromatic heterocycles. The third-order valence-corrected chi connectivity index (χ3v) is 3.38. The van der Waals surface area contributed by atoms with Crippen LogP contribution < -0.4 is 4.74 Å². The first kappa shape index (κ1) is 13.8. The van der Waals surface area contributed by atoms with Crippen LogP contribution in [0.15, 0.2) is 30.6 Å². The van der Waals surface area contributed by atoms with Crippen molar-refractivity contribution in [1.29, 1.82) is 0 Å². The molecule has 2 aromatic rings. The number of aromatic nitrogens is 2. The van der Waals surface area contributed by atoms with Gasteiger partial charge in [-0.05, 0) is 11.6 Å². The second kappa shape index (κ2) is 5.99. The van der Waals surface area contributed by atoms with Crippen LogP contribution in [0, 0.1) is 0 Å². The van der Waals surface area contributed by atoms with Crippen LogP contribution in [-0.4, -0.2) is 22.9 Å². The van der Waals surface area contributed by atoms with Crippen LogP contribution >= 0.6 is 23.2 Å². The summed E-state index contributed by atoms with van der Waals surface area (Å²) >= 11 is 11.9. The first-order chi connectivity index (χ1) is 9.11. The average Bonchev–Trinajstić information content (AvgIpc) is 2.44. The zero-order chi connectivity index (χ0) is 13.8. The number of carbonyl (C=O) groups excluding carboxylic acids is 1. The second-order valence-electron chi connectivity index (χ2n) is 3.76. The van der Waals surface area contributed by atoms with Crippen molar-refractivity contribution in [1.82, 2.24) is 9.97 Å². The lowest BCUT2D eigenvalue weighted by molar-refractivity contribution is 0.0987. The van der Waals surface area contributed by atoms with Crippen molar-refractivity contribution < 1.29 is 9.53 Å². The molecule has 98 valence electrons. The Morgan fingerprint density at radius 3 is 2.84 bits per heavy atom. The highest BCUT2D eigenvalue weighted by molar-refractivity contribution is 6.42. The van der Waals surface area contributed by atoms with Gasteiger partial charge in [0.25, 0.3) is 0 Å². The topological polar surface area (TPSA) is 52.1 Å². The fourth-order valence-corrected chi connectivity index (χ4v) is 1.94. The molecule has 0 radical (unpaired) electrons. The summed E-state index contributed by atoms with van der Waals surface area (Å²) in [6.45, 7) is 0. The van der Waals surface area contributed by atoms with Gasteiger partial charge in [0.2, 0.25) is 5.88 Å². The Bertz CT molecular complexity index is 617. The summed E-state index contributed by atoms with van der Waals surface area (Å²) in [5, 5.41) is 0.811. The van der Waals surface area contributed by atoms with Crippen LogP contribution in [0.25, 0.3) is 0 Å². The largest absolute Gasteiger partial charge is 0.481 e. The van der Waals surface area contributed by atoms with E-state index in [0.717, 1.165) is 0 Å². The lowest BCUT2D eigenvalue weighted by Crippen LogP contribution is -2.07. The molecule has 4 nitrogen and oxygen atoms in total. The predicted molar refractivity (Wildman–Crippen MR) is 73.1 cm³/mol. The Morgan fingerprint density at radius 2 is 2.11 bits per heavy atom. The SMILES string of the molecule is COc1cc(C(=O)Cc2cccc(Cl)c2Cl)ncn1. The fraction of sp³-hybridized carbons (Fsp3) is 0.154. The molecule has 0 saturated heterocycles. The number of rotatable bonds is 4. The molecule has 0 fully saturated rings. The average molecular weight is 297 g/mol. The number of carbonyl (C=O) groups is 1. The lowest BCUT2D eigenvalue weighted by atomic mass is 10.1. The number of halogens is 2. The van der Waals surface area contributed by atoms with Crippen molar-refractivity contribution in [2.75, 3.05) is 7.11 Å². The molecule has 1 heterocycles. The maximum Gasteiger partial charge on any atom is 0.216 e. The summed E-state index contributed by atoms with van der Waals surface area (Å²) in [4.78, 5) is 19.9. The second-order valence-corrected chi connectivity index (χ2v) is 4.54. The van der Waals surface area contributed by atoms with E-state index in [0.29, 0.717) is 21.5 Å². The molecule has 0 aliphatic heterocycles. The van der Waals surface area contributed by atoms with Gasteiger partial charge in [-0.25, -0.2) is 9.97 Å². The van der Waals surface area contributed by atoms with Gasteiger partial charge in [-0.15, -0.1) is 0 Å². The highest BCUT2D eigenvalue weighted by atomic mass is 35.5. The number of benzene rings is 1.